The molecule has 0 saturated heterocycles. The summed E-state index contributed by atoms with van der Waals surface area (Å²) in [6.45, 7) is 0. The molecule has 0 unspecified atom stereocenters. The quantitative estimate of drug-likeness (QED) is 0.611. The van der Waals surface area contributed by atoms with Gasteiger partial charge in [0, 0.05) is 0 Å². The Balaban J connectivity index is 2.37. The molecule has 0 N–H and O–H groups in total. The van der Waals surface area contributed by atoms with Gasteiger partial charge in [-0.1, -0.05) is 12.1 Å². The number of benzene rings is 1. The molecule has 0 atom stereocenters. The number of allylic oxidation sites excluding steroid dienone is 1. The summed E-state index contributed by atoms with van der Waals surface area (Å²) < 4.78 is 18.9. The van der Waals surface area contributed by atoms with Crippen molar-refractivity contribution >= 4 is 34.2 Å². The Morgan fingerprint density at radius 2 is 1.94 bits per heavy atom. The Hall–Kier alpha value is -1.61. The summed E-state index contributed by atoms with van der Waals surface area (Å²) in [4.78, 5) is 0. The summed E-state index contributed by atoms with van der Waals surface area (Å²) in [5.41, 5.74) is 1.11. The number of nitriles is 1. The first-order valence-corrected chi connectivity index (χ1v) is 5.90. The lowest BCUT2D eigenvalue weighted by atomic mass is 10.1. The van der Waals surface area contributed by atoms with E-state index in [9.17, 15) is 4.39 Å². The molecular weight excluding hydrogens is 332 g/mol. The molecule has 17 heavy (non-hydrogen) atoms. The summed E-state index contributed by atoms with van der Waals surface area (Å²) >= 11 is 2.05. The fraction of sp³-hybridized carbons (Fsp3) is 0. The minimum Gasteiger partial charge on any atom is -0.451 e. The Morgan fingerprint density at radius 1 is 1.24 bits per heavy atom. The molecule has 0 aliphatic rings. The van der Waals surface area contributed by atoms with Crippen LogP contribution < -0.4 is 0 Å². The monoisotopic (exact) mass is 339 g/mol. The minimum absolute atomic E-state index is 0.321. The van der Waals surface area contributed by atoms with Crippen LogP contribution >= 0.6 is 22.6 Å². The van der Waals surface area contributed by atoms with Gasteiger partial charge in [0.2, 0.25) is 0 Å². The maximum Gasteiger partial charge on any atom is 0.164 e. The van der Waals surface area contributed by atoms with Crippen LogP contribution in [0.5, 0.6) is 0 Å². The van der Waals surface area contributed by atoms with Crippen molar-refractivity contribution in [3.63, 3.8) is 0 Å². The van der Waals surface area contributed by atoms with Crippen LogP contribution in [0.1, 0.15) is 11.3 Å². The smallest absolute Gasteiger partial charge is 0.164 e. The zero-order chi connectivity index (χ0) is 12.3. The molecule has 2 nitrogen and oxygen atoms in total. The predicted molar refractivity (Wildman–Crippen MR) is 71.3 cm³/mol. The molecule has 2 rings (SSSR count). The molecule has 4 heteroatoms. The summed E-state index contributed by atoms with van der Waals surface area (Å²) in [5, 5.41) is 9.06. The summed E-state index contributed by atoms with van der Waals surface area (Å²) in [6.07, 6.45) is 1.63. The molecule has 1 aromatic carbocycles. The van der Waals surface area contributed by atoms with E-state index >= 15 is 0 Å². The second-order valence-corrected chi connectivity index (χ2v) is 4.38. The highest BCUT2D eigenvalue weighted by atomic mass is 127. The number of hydrogen-bond acceptors (Lipinski definition) is 2. The normalized spacial score (nSPS) is 11.2. The van der Waals surface area contributed by atoms with Gasteiger partial charge in [0.05, 0.1) is 11.6 Å². The second kappa shape index (κ2) is 5.15. The van der Waals surface area contributed by atoms with E-state index in [0.29, 0.717) is 16.9 Å². The van der Waals surface area contributed by atoms with Crippen LogP contribution in [-0.4, -0.2) is 0 Å². The van der Waals surface area contributed by atoms with Crippen LogP contribution in [0.2, 0.25) is 0 Å². The maximum atomic E-state index is 12.8. The van der Waals surface area contributed by atoms with E-state index in [-0.39, 0.29) is 5.82 Å². The highest BCUT2D eigenvalue weighted by Gasteiger charge is 2.03. The van der Waals surface area contributed by atoms with E-state index in [1.54, 1.807) is 24.3 Å². The van der Waals surface area contributed by atoms with Crippen molar-refractivity contribution < 1.29 is 8.81 Å². The number of furan rings is 1. The molecule has 0 radical (unpaired) electrons. The van der Waals surface area contributed by atoms with Crippen molar-refractivity contribution in [2.75, 3.05) is 0 Å². The van der Waals surface area contributed by atoms with Gasteiger partial charge in [-0.2, -0.15) is 5.26 Å². The van der Waals surface area contributed by atoms with Gasteiger partial charge < -0.3 is 4.42 Å². The lowest BCUT2D eigenvalue weighted by Crippen LogP contribution is -1.82. The first-order valence-electron chi connectivity index (χ1n) is 4.82. The van der Waals surface area contributed by atoms with E-state index < -0.39 is 0 Å². The topological polar surface area (TPSA) is 36.9 Å². The van der Waals surface area contributed by atoms with Crippen LogP contribution in [0.25, 0.3) is 11.6 Å². The van der Waals surface area contributed by atoms with Gasteiger partial charge in [-0.15, -0.1) is 0 Å². The summed E-state index contributed by atoms with van der Waals surface area (Å²) in [7, 11) is 0. The van der Waals surface area contributed by atoms with Gasteiger partial charge in [0.25, 0.3) is 0 Å². The highest BCUT2D eigenvalue weighted by molar-refractivity contribution is 14.1. The highest BCUT2D eigenvalue weighted by Crippen LogP contribution is 2.20. The third-order valence-electron chi connectivity index (χ3n) is 2.16. The maximum absolute atomic E-state index is 12.8. The van der Waals surface area contributed by atoms with Gasteiger partial charge in [0.1, 0.15) is 11.6 Å². The van der Waals surface area contributed by atoms with Crippen molar-refractivity contribution in [2.24, 2.45) is 0 Å². The Morgan fingerprint density at radius 3 is 2.47 bits per heavy atom. The third kappa shape index (κ3) is 2.94. The molecular formula is C13H7FINO. The summed E-state index contributed by atoms with van der Waals surface area (Å²) in [6, 6.07) is 11.5. The summed E-state index contributed by atoms with van der Waals surface area (Å²) in [5.74, 6) is 0.286. The van der Waals surface area contributed by atoms with Crippen molar-refractivity contribution in [1.82, 2.24) is 0 Å². The average Bonchev–Trinajstić information content (AvgIpc) is 2.73. The zero-order valence-electron chi connectivity index (χ0n) is 8.65. The molecule has 1 heterocycles. The molecule has 0 bridgehead atoms. The molecule has 2 aromatic rings. The standard InChI is InChI=1S/C13H7FINO/c14-11-3-1-9(2-4-11)10(8-16)7-12-5-6-13(15)17-12/h1-7H/b10-7-. The van der Waals surface area contributed by atoms with Crippen LogP contribution in [0.15, 0.2) is 40.8 Å². The third-order valence-corrected chi connectivity index (χ3v) is 2.74. The molecule has 0 spiro atoms. The molecule has 0 fully saturated rings. The second-order valence-electron chi connectivity index (χ2n) is 3.32. The fourth-order valence-electron chi connectivity index (χ4n) is 1.36. The molecule has 0 aliphatic carbocycles. The van der Waals surface area contributed by atoms with E-state index in [1.165, 1.54) is 12.1 Å². The lowest BCUT2D eigenvalue weighted by molar-refractivity contribution is 0.528. The Bertz CT molecular complexity index is 593. The SMILES string of the molecule is N#C/C(=C/c1ccc(I)o1)c1ccc(F)cc1. The van der Waals surface area contributed by atoms with Crippen molar-refractivity contribution in [1.29, 1.82) is 5.26 Å². The predicted octanol–water partition coefficient (Wildman–Crippen LogP) is 4.09. The van der Waals surface area contributed by atoms with Crippen molar-refractivity contribution in [3.8, 4) is 6.07 Å². The van der Waals surface area contributed by atoms with Crippen LogP contribution in [-0.2, 0) is 0 Å². The molecule has 0 amide bonds. The average molecular weight is 339 g/mol. The van der Waals surface area contributed by atoms with E-state index in [4.69, 9.17) is 9.68 Å². The Labute approximate surface area is 112 Å². The first kappa shape index (κ1) is 11.9. The lowest BCUT2D eigenvalue weighted by Gasteiger charge is -1.97. The van der Waals surface area contributed by atoms with E-state index in [2.05, 4.69) is 28.7 Å². The van der Waals surface area contributed by atoms with Gasteiger partial charge in [-0.05, 0) is 58.5 Å². The number of nitrogens with zero attached hydrogens (tertiary/aromatic N) is 1. The largest absolute Gasteiger partial charge is 0.451 e. The molecule has 1 aromatic heterocycles. The molecule has 84 valence electrons. The Kier molecular flexibility index (Phi) is 3.59. The number of hydrogen-bond donors (Lipinski definition) is 0. The fourth-order valence-corrected chi connectivity index (χ4v) is 1.79. The van der Waals surface area contributed by atoms with Crippen LogP contribution in [0.3, 0.4) is 0 Å². The van der Waals surface area contributed by atoms with Gasteiger partial charge >= 0.3 is 0 Å². The van der Waals surface area contributed by atoms with E-state index in [0.717, 1.165) is 3.77 Å². The first-order chi connectivity index (χ1) is 8.19. The van der Waals surface area contributed by atoms with Gasteiger partial charge in [-0.25, -0.2) is 4.39 Å². The zero-order valence-corrected chi connectivity index (χ0v) is 10.8. The number of rotatable bonds is 2. The van der Waals surface area contributed by atoms with Gasteiger partial charge in [0.15, 0.2) is 3.77 Å². The van der Waals surface area contributed by atoms with Crippen LogP contribution in [0.4, 0.5) is 4.39 Å². The number of halogens is 2. The molecule has 0 aliphatic heterocycles. The minimum atomic E-state index is -0.321. The van der Waals surface area contributed by atoms with Crippen molar-refractivity contribution in [3.05, 3.63) is 57.3 Å². The van der Waals surface area contributed by atoms with Gasteiger partial charge in [-0.3, -0.25) is 0 Å². The van der Waals surface area contributed by atoms with Crippen molar-refractivity contribution in [2.45, 2.75) is 0 Å². The van der Waals surface area contributed by atoms with Crippen LogP contribution in [0, 0.1) is 20.9 Å². The molecule has 0 saturated carbocycles. The van der Waals surface area contributed by atoms with E-state index in [1.807, 2.05) is 6.07 Å².